The van der Waals surface area contributed by atoms with Crippen LogP contribution in [-0.4, -0.2) is 9.78 Å². The summed E-state index contributed by atoms with van der Waals surface area (Å²) in [5, 5.41) is 4.43. The van der Waals surface area contributed by atoms with Gasteiger partial charge in [0.25, 0.3) is 0 Å². The smallest absolute Gasteiger partial charge is 0.0659 e. The van der Waals surface area contributed by atoms with Gasteiger partial charge in [-0.2, -0.15) is 5.10 Å². The number of rotatable bonds is 4. The summed E-state index contributed by atoms with van der Waals surface area (Å²) in [7, 11) is 0. The van der Waals surface area contributed by atoms with E-state index in [0.717, 1.165) is 17.4 Å². The van der Waals surface area contributed by atoms with Crippen LogP contribution in [-0.2, 0) is 13.0 Å². The maximum atomic E-state index is 4.43. The predicted octanol–water partition coefficient (Wildman–Crippen LogP) is 4.28. The summed E-state index contributed by atoms with van der Waals surface area (Å²) in [5.74, 6) is 0. The van der Waals surface area contributed by atoms with E-state index in [1.165, 1.54) is 16.7 Å². The molecular formula is C17H15BrN2. The number of hydrogen-bond donors (Lipinski definition) is 0. The van der Waals surface area contributed by atoms with Gasteiger partial charge < -0.3 is 0 Å². The molecule has 2 aromatic carbocycles. The zero-order valence-electron chi connectivity index (χ0n) is 11.0. The first kappa shape index (κ1) is 13.1. The lowest BCUT2D eigenvalue weighted by Gasteiger charge is -2.01. The number of hydrogen-bond acceptors (Lipinski definition) is 1. The molecule has 1 aromatic heterocycles. The van der Waals surface area contributed by atoms with Gasteiger partial charge in [-0.3, -0.25) is 4.68 Å². The Labute approximate surface area is 127 Å². The molecule has 100 valence electrons. The molecule has 0 aliphatic carbocycles. The topological polar surface area (TPSA) is 17.8 Å². The fraction of sp³-hybridized carbons (Fsp3) is 0.118. The first-order chi connectivity index (χ1) is 9.79. The summed E-state index contributed by atoms with van der Waals surface area (Å²) in [6, 6.07) is 18.8. The Balaban J connectivity index is 1.69. The second kappa shape index (κ2) is 6.06. The van der Waals surface area contributed by atoms with E-state index in [2.05, 4.69) is 75.8 Å². The number of nitrogens with zero attached hydrogens (tertiary/aromatic N) is 2. The summed E-state index contributed by atoms with van der Waals surface area (Å²) in [5.41, 5.74) is 3.81. The van der Waals surface area contributed by atoms with Crippen LogP contribution in [0.2, 0.25) is 0 Å². The highest BCUT2D eigenvalue weighted by atomic mass is 79.9. The van der Waals surface area contributed by atoms with Crippen LogP contribution in [0.15, 0.2) is 71.5 Å². The Morgan fingerprint density at radius 2 is 1.60 bits per heavy atom. The highest BCUT2D eigenvalue weighted by Gasteiger charge is 2.01. The third-order valence-electron chi connectivity index (χ3n) is 3.20. The zero-order valence-corrected chi connectivity index (χ0v) is 12.6. The van der Waals surface area contributed by atoms with Gasteiger partial charge in [-0.1, -0.05) is 58.4 Å². The van der Waals surface area contributed by atoms with Gasteiger partial charge >= 0.3 is 0 Å². The molecule has 2 nitrogen and oxygen atoms in total. The quantitative estimate of drug-likeness (QED) is 0.699. The van der Waals surface area contributed by atoms with E-state index in [4.69, 9.17) is 0 Å². The van der Waals surface area contributed by atoms with E-state index in [9.17, 15) is 0 Å². The minimum atomic E-state index is 0.821. The van der Waals surface area contributed by atoms with Crippen molar-refractivity contribution in [1.29, 1.82) is 0 Å². The molecule has 0 radical (unpaired) electrons. The van der Waals surface area contributed by atoms with Crippen molar-refractivity contribution in [2.24, 2.45) is 0 Å². The third kappa shape index (κ3) is 3.36. The first-order valence-electron chi connectivity index (χ1n) is 6.59. The van der Waals surface area contributed by atoms with Crippen LogP contribution >= 0.6 is 15.9 Å². The lowest BCUT2D eigenvalue weighted by molar-refractivity contribution is 0.686. The van der Waals surface area contributed by atoms with E-state index in [0.29, 0.717) is 0 Å². The molecule has 0 amide bonds. The standard InChI is InChI=1S/C17H15BrN2/c18-17-8-6-14(7-9-17)10-16-11-19-20(13-16)12-15-4-2-1-3-5-15/h1-9,11,13H,10,12H2. The van der Waals surface area contributed by atoms with Crippen molar-refractivity contribution >= 4 is 15.9 Å². The molecule has 0 atom stereocenters. The van der Waals surface area contributed by atoms with Gasteiger partial charge in [0, 0.05) is 17.1 Å². The molecular weight excluding hydrogens is 312 g/mol. The molecule has 0 bridgehead atoms. The van der Waals surface area contributed by atoms with Gasteiger partial charge in [0.1, 0.15) is 0 Å². The van der Waals surface area contributed by atoms with Gasteiger partial charge in [0.2, 0.25) is 0 Å². The van der Waals surface area contributed by atoms with E-state index in [1.54, 1.807) is 0 Å². The Hall–Kier alpha value is -1.87. The maximum absolute atomic E-state index is 4.43. The van der Waals surface area contributed by atoms with Crippen LogP contribution < -0.4 is 0 Å². The molecule has 0 aliphatic rings. The highest BCUT2D eigenvalue weighted by Crippen LogP contribution is 2.14. The number of aromatic nitrogens is 2. The second-order valence-electron chi connectivity index (χ2n) is 4.84. The zero-order chi connectivity index (χ0) is 13.8. The molecule has 3 rings (SSSR count). The molecule has 0 unspecified atom stereocenters. The highest BCUT2D eigenvalue weighted by molar-refractivity contribution is 9.10. The summed E-state index contributed by atoms with van der Waals surface area (Å²) in [4.78, 5) is 0. The molecule has 20 heavy (non-hydrogen) atoms. The largest absolute Gasteiger partial charge is 0.268 e. The van der Waals surface area contributed by atoms with Crippen LogP contribution in [0.25, 0.3) is 0 Å². The van der Waals surface area contributed by atoms with Gasteiger partial charge in [0.15, 0.2) is 0 Å². The van der Waals surface area contributed by atoms with Crippen molar-refractivity contribution in [3.8, 4) is 0 Å². The van der Waals surface area contributed by atoms with Gasteiger partial charge in [-0.05, 0) is 28.8 Å². The molecule has 1 heterocycles. The predicted molar refractivity (Wildman–Crippen MR) is 84.7 cm³/mol. The average molecular weight is 327 g/mol. The van der Waals surface area contributed by atoms with E-state index >= 15 is 0 Å². The van der Waals surface area contributed by atoms with Gasteiger partial charge in [-0.15, -0.1) is 0 Å². The first-order valence-corrected chi connectivity index (χ1v) is 7.38. The minimum absolute atomic E-state index is 0.821. The molecule has 0 fully saturated rings. The van der Waals surface area contributed by atoms with E-state index < -0.39 is 0 Å². The molecule has 0 N–H and O–H groups in total. The van der Waals surface area contributed by atoms with Crippen molar-refractivity contribution in [2.75, 3.05) is 0 Å². The van der Waals surface area contributed by atoms with Crippen molar-refractivity contribution in [2.45, 2.75) is 13.0 Å². The molecule has 3 heteroatoms. The summed E-state index contributed by atoms with van der Waals surface area (Å²) < 4.78 is 3.10. The van der Waals surface area contributed by atoms with Crippen LogP contribution in [0.5, 0.6) is 0 Å². The molecule has 0 saturated carbocycles. The average Bonchev–Trinajstić information content (AvgIpc) is 2.90. The van der Waals surface area contributed by atoms with Crippen molar-refractivity contribution in [3.63, 3.8) is 0 Å². The summed E-state index contributed by atoms with van der Waals surface area (Å²) in [6.45, 7) is 0.821. The maximum Gasteiger partial charge on any atom is 0.0659 e. The summed E-state index contributed by atoms with van der Waals surface area (Å²) in [6.07, 6.45) is 4.99. The van der Waals surface area contributed by atoms with Crippen molar-refractivity contribution in [1.82, 2.24) is 9.78 Å². The molecule has 0 saturated heterocycles. The fourth-order valence-electron chi connectivity index (χ4n) is 2.19. The normalized spacial score (nSPS) is 10.7. The minimum Gasteiger partial charge on any atom is -0.268 e. The van der Waals surface area contributed by atoms with Crippen LogP contribution in [0.1, 0.15) is 16.7 Å². The van der Waals surface area contributed by atoms with Crippen molar-refractivity contribution < 1.29 is 0 Å². The lowest BCUT2D eigenvalue weighted by atomic mass is 10.1. The number of halogens is 1. The van der Waals surface area contributed by atoms with Crippen LogP contribution in [0, 0.1) is 0 Å². The fourth-order valence-corrected chi connectivity index (χ4v) is 2.46. The van der Waals surface area contributed by atoms with Crippen LogP contribution in [0.3, 0.4) is 0 Å². The Morgan fingerprint density at radius 3 is 2.35 bits per heavy atom. The molecule has 0 spiro atoms. The lowest BCUT2D eigenvalue weighted by Crippen LogP contribution is -1.99. The Morgan fingerprint density at radius 1 is 0.850 bits per heavy atom. The monoisotopic (exact) mass is 326 g/mol. The van der Waals surface area contributed by atoms with Crippen LogP contribution in [0.4, 0.5) is 0 Å². The Bertz CT molecular complexity index is 672. The van der Waals surface area contributed by atoms with E-state index in [-0.39, 0.29) is 0 Å². The number of benzene rings is 2. The van der Waals surface area contributed by atoms with Gasteiger partial charge in [-0.25, -0.2) is 0 Å². The van der Waals surface area contributed by atoms with Crippen molar-refractivity contribution in [3.05, 3.63) is 88.2 Å². The Kier molecular flexibility index (Phi) is 3.97. The molecule has 3 aromatic rings. The SMILES string of the molecule is Brc1ccc(Cc2cnn(Cc3ccccc3)c2)cc1. The second-order valence-corrected chi connectivity index (χ2v) is 5.75. The van der Waals surface area contributed by atoms with E-state index in [1.807, 2.05) is 16.9 Å². The third-order valence-corrected chi connectivity index (χ3v) is 3.72. The summed E-state index contributed by atoms with van der Waals surface area (Å²) >= 11 is 3.46. The van der Waals surface area contributed by atoms with Gasteiger partial charge in [0.05, 0.1) is 12.7 Å². The molecule has 0 aliphatic heterocycles.